The Labute approximate surface area is 149 Å². The van der Waals surface area contributed by atoms with E-state index in [0.717, 1.165) is 38.1 Å². The van der Waals surface area contributed by atoms with Crippen LogP contribution in [-0.4, -0.2) is 53.4 Å². The minimum absolute atomic E-state index is 0.147. The van der Waals surface area contributed by atoms with Gasteiger partial charge in [0, 0.05) is 18.8 Å². The molecule has 3 rings (SSSR count). The highest BCUT2D eigenvalue weighted by Gasteiger charge is 2.34. The molecule has 1 aromatic rings. The molecule has 0 aliphatic carbocycles. The second-order valence-corrected chi connectivity index (χ2v) is 7.91. The molecule has 0 bridgehead atoms. The number of rotatable bonds is 5. The number of carbonyl (C=O) groups excluding carboxylic acids is 1. The summed E-state index contributed by atoms with van der Waals surface area (Å²) in [6, 6.07) is 4.61. The van der Waals surface area contributed by atoms with Gasteiger partial charge in [-0.3, -0.25) is 0 Å². The SMILES string of the molecule is CC(C)(C)OC(=O)N1CC(OCCCC2CCc3cccnc3N2)C1. The highest BCUT2D eigenvalue weighted by atomic mass is 16.6. The van der Waals surface area contributed by atoms with Crippen LogP contribution in [0, 0.1) is 0 Å². The summed E-state index contributed by atoms with van der Waals surface area (Å²) in [5, 5.41) is 3.52. The first-order valence-corrected chi connectivity index (χ1v) is 9.21. The van der Waals surface area contributed by atoms with Gasteiger partial charge in [-0.05, 0) is 58.1 Å². The van der Waals surface area contributed by atoms with E-state index in [4.69, 9.17) is 9.47 Å². The summed E-state index contributed by atoms with van der Waals surface area (Å²) in [7, 11) is 0. The van der Waals surface area contributed by atoms with Crippen molar-refractivity contribution in [3.8, 4) is 0 Å². The fraction of sp³-hybridized carbons (Fsp3) is 0.684. The molecule has 0 aromatic carbocycles. The lowest BCUT2D eigenvalue weighted by molar-refractivity contribution is -0.0638. The summed E-state index contributed by atoms with van der Waals surface area (Å²) < 4.78 is 11.2. The number of nitrogens with one attached hydrogen (secondary N) is 1. The quantitative estimate of drug-likeness (QED) is 0.829. The van der Waals surface area contributed by atoms with E-state index in [1.54, 1.807) is 4.90 Å². The van der Waals surface area contributed by atoms with Crippen molar-refractivity contribution in [3.63, 3.8) is 0 Å². The van der Waals surface area contributed by atoms with Gasteiger partial charge in [0.25, 0.3) is 0 Å². The number of pyridine rings is 1. The van der Waals surface area contributed by atoms with Crippen LogP contribution in [0.1, 0.15) is 45.6 Å². The Balaban J connectivity index is 1.28. The Bertz CT molecular complexity index is 594. The number of anilines is 1. The lowest BCUT2D eigenvalue weighted by atomic mass is 9.98. The first kappa shape index (κ1) is 18.0. The molecule has 1 amide bonds. The average molecular weight is 347 g/mol. The molecule has 1 N–H and O–H groups in total. The fourth-order valence-corrected chi connectivity index (χ4v) is 3.18. The summed E-state index contributed by atoms with van der Waals surface area (Å²) >= 11 is 0. The topological polar surface area (TPSA) is 63.7 Å². The smallest absolute Gasteiger partial charge is 0.410 e. The van der Waals surface area contributed by atoms with Crippen LogP contribution in [0.15, 0.2) is 18.3 Å². The van der Waals surface area contributed by atoms with Crippen LogP contribution >= 0.6 is 0 Å². The van der Waals surface area contributed by atoms with E-state index >= 15 is 0 Å². The van der Waals surface area contributed by atoms with E-state index in [9.17, 15) is 4.79 Å². The van der Waals surface area contributed by atoms with Gasteiger partial charge < -0.3 is 19.7 Å². The predicted molar refractivity (Wildman–Crippen MR) is 96.7 cm³/mol. The number of fused-ring (bicyclic) bond motifs is 1. The normalized spacial score (nSPS) is 20.4. The second-order valence-electron chi connectivity index (χ2n) is 7.91. The Kier molecular flexibility index (Phi) is 5.47. The van der Waals surface area contributed by atoms with Crippen molar-refractivity contribution in [2.24, 2.45) is 0 Å². The van der Waals surface area contributed by atoms with Crippen LogP contribution in [0.5, 0.6) is 0 Å². The summed E-state index contributed by atoms with van der Waals surface area (Å²) in [5.74, 6) is 1.03. The first-order chi connectivity index (χ1) is 11.9. The molecule has 2 aliphatic rings. The Hall–Kier alpha value is -1.82. The number of likely N-dealkylation sites (tertiary alicyclic amines) is 1. The van der Waals surface area contributed by atoms with Gasteiger partial charge in [-0.2, -0.15) is 0 Å². The molecule has 0 saturated carbocycles. The minimum Gasteiger partial charge on any atom is -0.444 e. The maximum absolute atomic E-state index is 11.9. The van der Waals surface area contributed by atoms with Gasteiger partial charge in [0.05, 0.1) is 19.2 Å². The molecule has 25 heavy (non-hydrogen) atoms. The summed E-state index contributed by atoms with van der Waals surface area (Å²) in [6.07, 6.45) is 6.08. The van der Waals surface area contributed by atoms with Crippen LogP contribution in [0.2, 0.25) is 0 Å². The Morgan fingerprint density at radius 2 is 2.20 bits per heavy atom. The van der Waals surface area contributed by atoms with Crippen LogP contribution < -0.4 is 5.32 Å². The van der Waals surface area contributed by atoms with Gasteiger partial charge >= 0.3 is 6.09 Å². The van der Waals surface area contributed by atoms with Gasteiger partial charge in [-0.25, -0.2) is 9.78 Å². The van der Waals surface area contributed by atoms with E-state index in [2.05, 4.69) is 16.4 Å². The number of aryl methyl sites for hydroxylation is 1. The number of nitrogens with zero attached hydrogens (tertiary/aromatic N) is 2. The third-order valence-corrected chi connectivity index (χ3v) is 4.54. The number of ether oxygens (including phenoxy) is 2. The third-order valence-electron chi connectivity index (χ3n) is 4.54. The number of hydrogen-bond acceptors (Lipinski definition) is 5. The standard InChI is InChI=1S/C19H29N3O3/c1-19(2,3)25-18(23)22-12-16(13-22)24-11-5-7-15-9-8-14-6-4-10-20-17(14)21-15/h4,6,10,15-16H,5,7-9,11-13H2,1-3H3,(H,20,21). The number of amides is 1. The molecule has 0 spiro atoms. The van der Waals surface area contributed by atoms with Crippen molar-refractivity contribution >= 4 is 11.9 Å². The zero-order valence-corrected chi connectivity index (χ0v) is 15.5. The number of aromatic nitrogens is 1. The minimum atomic E-state index is -0.441. The molecular formula is C19H29N3O3. The Morgan fingerprint density at radius 1 is 1.40 bits per heavy atom. The molecule has 6 nitrogen and oxygen atoms in total. The largest absolute Gasteiger partial charge is 0.444 e. The van der Waals surface area contributed by atoms with Gasteiger partial charge in [-0.1, -0.05) is 6.07 Å². The maximum Gasteiger partial charge on any atom is 0.410 e. The molecule has 6 heteroatoms. The van der Waals surface area contributed by atoms with E-state index in [1.807, 2.05) is 33.0 Å². The van der Waals surface area contributed by atoms with Gasteiger partial charge in [0.15, 0.2) is 0 Å². The van der Waals surface area contributed by atoms with E-state index in [1.165, 1.54) is 5.56 Å². The monoisotopic (exact) mass is 347 g/mol. The predicted octanol–water partition coefficient (Wildman–Crippen LogP) is 3.22. The van der Waals surface area contributed by atoms with E-state index < -0.39 is 5.60 Å². The van der Waals surface area contributed by atoms with Crippen molar-refractivity contribution < 1.29 is 14.3 Å². The third kappa shape index (κ3) is 5.08. The molecule has 1 fully saturated rings. The lowest BCUT2D eigenvalue weighted by Gasteiger charge is -2.39. The van der Waals surface area contributed by atoms with Crippen LogP contribution in [0.25, 0.3) is 0 Å². The van der Waals surface area contributed by atoms with Crippen molar-refractivity contribution in [2.75, 3.05) is 25.0 Å². The second kappa shape index (κ2) is 7.60. The molecule has 1 saturated heterocycles. The van der Waals surface area contributed by atoms with Crippen molar-refractivity contribution in [3.05, 3.63) is 23.9 Å². The van der Waals surface area contributed by atoms with Crippen molar-refractivity contribution in [1.29, 1.82) is 0 Å². The van der Waals surface area contributed by atoms with E-state index in [-0.39, 0.29) is 12.2 Å². The van der Waals surface area contributed by atoms with Crippen molar-refractivity contribution in [2.45, 2.75) is 64.2 Å². The van der Waals surface area contributed by atoms with Crippen LogP contribution in [-0.2, 0) is 15.9 Å². The summed E-state index contributed by atoms with van der Waals surface area (Å²) in [6.45, 7) is 7.64. The van der Waals surface area contributed by atoms with Crippen LogP contribution in [0.3, 0.4) is 0 Å². The zero-order valence-electron chi connectivity index (χ0n) is 15.5. The molecule has 1 aromatic heterocycles. The lowest BCUT2D eigenvalue weighted by Crippen LogP contribution is -2.55. The summed E-state index contributed by atoms with van der Waals surface area (Å²) in [5.41, 5.74) is 0.871. The molecule has 3 heterocycles. The Morgan fingerprint density at radius 3 is 2.96 bits per heavy atom. The van der Waals surface area contributed by atoms with Gasteiger partial charge in [0.1, 0.15) is 11.4 Å². The molecular weight excluding hydrogens is 318 g/mol. The maximum atomic E-state index is 11.9. The van der Waals surface area contributed by atoms with Crippen molar-refractivity contribution in [1.82, 2.24) is 9.88 Å². The first-order valence-electron chi connectivity index (χ1n) is 9.21. The number of hydrogen-bond donors (Lipinski definition) is 1. The highest BCUT2D eigenvalue weighted by Crippen LogP contribution is 2.24. The summed E-state index contributed by atoms with van der Waals surface area (Å²) in [4.78, 5) is 18.0. The zero-order chi connectivity index (χ0) is 17.9. The molecule has 138 valence electrons. The van der Waals surface area contributed by atoms with Crippen LogP contribution in [0.4, 0.5) is 10.6 Å². The van der Waals surface area contributed by atoms with Gasteiger partial charge in [0.2, 0.25) is 0 Å². The molecule has 0 radical (unpaired) electrons. The number of carbonyl (C=O) groups is 1. The molecule has 1 atom stereocenters. The van der Waals surface area contributed by atoms with E-state index in [0.29, 0.717) is 19.1 Å². The van der Waals surface area contributed by atoms with Gasteiger partial charge in [-0.15, -0.1) is 0 Å². The fourth-order valence-electron chi connectivity index (χ4n) is 3.18. The highest BCUT2D eigenvalue weighted by molar-refractivity contribution is 5.69. The average Bonchev–Trinajstić information content (AvgIpc) is 2.51. The molecule has 1 unspecified atom stereocenters. The molecule has 2 aliphatic heterocycles.